The quantitative estimate of drug-likeness (QED) is 0.602. The molecule has 1 aliphatic carbocycles. The minimum Gasteiger partial charge on any atom is -0.369 e. The zero-order valence-corrected chi connectivity index (χ0v) is 17.2. The van der Waals surface area contributed by atoms with E-state index in [0.717, 1.165) is 68.0 Å². The molecule has 0 spiro atoms. The lowest BCUT2D eigenvalue weighted by molar-refractivity contribution is 0.257. The van der Waals surface area contributed by atoms with E-state index in [-0.39, 0.29) is 0 Å². The van der Waals surface area contributed by atoms with Crippen molar-refractivity contribution in [2.24, 2.45) is 0 Å². The molecule has 1 saturated carbocycles. The van der Waals surface area contributed by atoms with Gasteiger partial charge in [-0.3, -0.25) is 4.90 Å². The van der Waals surface area contributed by atoms with Crippen LogP contribution in [0.1, 0.15) is 31.0 Å². The maximum atomic E-state index is 6.12. The number of aromatic nitrogens is 4. The predicted molar refractivity (Wildman–Crippen MR) is 116 cm³/mol. The Morgan fingerprint density at radius 1 is 1.03 bits per heavy atom. The monoisotopic (exact) mass is 411 g/mol. The van der Waals surface area contributed by atoms with E-state index in [1.54, 1.807) is 0 Å². The second kappa shape index (κ2) is 8.16. The van der Waals surface area contributed by atoms with Crippen LogP contribution in [0, 0.1) is 0 Å². The van der Waals surface area contributed by atoms with Gasteiger partial charge in [0.05, 0.1) is 0 Å². The Morgan fingerprint density at radius 2 is 1.90 bits per heavy atom. The van der Waals surface area contributed by atoms with Crippen molar-refractivity contribution in [3.8, 4) is 0 Å². The fourth-order valence-corrected chi connectivity index (χ4v) is 4.10. The van der Waals surface area contributed by atoms with Crippen LogP contribution in [0.2, 0.25) is 5.02 Å². The second-order valence-electron chi connectivity index (χ2n) is 7.91. The highest BCUT2D eigenvalue weighted by molar-refractivity contribution is 6.30. The molecule has 5 rings (SSSR count). The van der Waals surface area contributed by atoms with Gasteiger partial charge in [-0.25, -0.2) is 0 Å². The average Bonchev–Trinajstić information content (AvgIpc) is 3.51. The first kappa shape index (κ1) is 18.6. The number of anilines is 2. The van der Waals surface area contributed by atoms with E-state index in [1.165, 1.54) is 18.5 Å². The Balaban J connectivity index is 1.08. The number of rotatable bonds is 7. The minimum absolute atomic E-state index is 0.540. The molecule has 3 heterocycles. The summed E-state index contributed by atoms with van der Waals surface area (Å²) in [7, 11) is 0. The van der Waals surface area contributed by atoms with Crippen LogP contribution in [0.25, 0.3) is 5.65 Å². The number of piperazine rings is 1. The Labute approximate surface area is 175 Å². The maximum Gasteiger partial charge on any atom is 0.178 e. The molecule has 0 atom stereocenters. The molecule has 0 amide bonds. The number of fused-ring (bicyclic) bond motifs is 1. The topological polar surface area (TPSA) is 61.6 Å². The Morgan fingerprint density at radius 3 is 2.69 bits per heavy atom. The van der Waals surface area contributed by atoms with Gasteiger partial charge >= 0.3 is 0 Å². The van der Waals surface area contributed by atoms with Gasteiger partial charge < -0.3 is 10.2 Å². The average molecular weight is 412 g/mol. The third kappa shape index (κ3) is 4.31. The van der Waals surface area contributed by atoms with Crippen molar-refractivity contribution in [2.45, 2.75) is 25.2 Å². The van der Waals surface area contributed by atoms with Gasteiger partial charge in [0.1, 0.15) is 5.82 Å². The van der Waals surface area contributed by atoms with Crippen LogP contribution >= 0.6 is 11.6 Å². The summed E-state index contributed by atoms with van der Waals surface area (Å²) < 4.78 is 1.90. The van der Waals surface area contributed by atoms with Gasteiger partial charge in [-0.2, -0.15) is 4.52 Å². The van der Waals surface area contributed by atoms with Crippen molar-refractivity contribution in [2.75, 3.05) is 49.5 Å². The maximum absolute atomic E-state index is 6.12. The molecule has 2 aromatic heterocycles. The molecule has 29 heavy (non-hydrogen) atoms. The van der Waals surface area contributed by atoms with Crippen molar-refractivity contribution in [3.05, 3.63) is 47.2 Å². The minimum atomic E-state index is 0.540. The molecule has 1 saturated heterocycles. The van der Waals surface area contributed by atoms with Crippen LogP contribution in [0.4, 0.5) is 11.5 Å². The third-order valence-electron chi connectivity index (χ3n) is 5.73. The molecule has 1 aliphatic heterocycles. The first-order chi connectivity index (χ1) is 14.3. The molecular weight excluding hydrogens is 386 g/mol. The van der Waals surface area contributed by atoms with E-state index in [1.807, 2.05) is 28.8 Å². The summed E-state index contributed by atoms with van der Waals surface area (Å²) in [5.74, 6) is 2.43. The summed E-state index contributed by atoms with van der Waals surface area (Å²) in [5, 5.41) is 17.4. The fraction of sp³-hybridized carbons (Fsp3) is 0.476. The third-order valence-corrected chi connectivity index (χ3v) is 5.97. The van der Waals surface area contributed by atoms with Crippen LogP contribution in [0.15, 0.2) is 36.4 Å². The highest BCUT2D eigenvalue weighted by atomic mass is 35.5. The molecule has 0 bridgehead atoms. The summed E-state index contributed by atoms with van der Waals surface area (Å²) in [6, 6.07) is 12.1. The molecule has 2 aliphatic rings. The number of hydrogen-bond acceptors (Lipinski definition) is 6. The number of benzene rings is 1. The smallest absolute Gasteiger partial charge is 0.178 e. The van der Waals surface area contributed by atoms with Gasteiger partial charge in [0, 0.05) is 49.4 Å². The standard InChI is InChI=1S/C21H26ClN7/c22-17-3-1-4-18(15-17)28-13-11-27(12-14-28)10-2-9-23-19-7-8-20-24-25-21(16-5-6-16)29(20)26-19/h1,3-4,7-8,15-16H,2,5-6,9-14H2,(H,23,26). The lowest BCUT2D eigenvalue weighted by atomic mass is 10.2. The summed E-state index contributed by atoms with van der Waals surface area (Å²) in [5.41, 5.74) is 2.05. The van der Waals surface area contributed by atoms with Gasteiger partial charge in [0.2, 0.25) is 0 Å². The fourth-order valence-electron chi connectivity index (χ4n) is 3.92. The van der Waals surface area contributed by atoms with Gasteiger partial charge in [-0.05, 0) is 56.1 Å². The van der Waals surface area contributed by atoms with Crippen LogP contribution in [-0.2, 0) is 0 Å². The van der Waals surface area contributed by atoms with Gasteiger partial charge in [-0.15, -0.1) is 15.3 Å². The first-order valence-electron chi connectivity index (χ1n) is 10.5. The molecule has 0 radical (unpaired) electrons. The molecule has 1 N–H and O–H groups in total. The lowest BCUT2D eigenvalue weighted by Crippen LogP contribution is -2.46. The normalized spacial score (nSPS) is 17.8. The van der Waals surface area contributed by atoms with E-state index in [9.17, 15) is 0 Å². The van der Waals surface area contributed by atoms with Crippen molar-refractivity contribution >= 4 is 28.8 Å². The number of nitrogens with zero attached hydrogens (tertiary/aromatic N) is 6. The molecular formula is C21H26ClN7. The number of nitrogens with one attached hydrogen (secondary N) is 1. The summed E-state index contributed by atoms with van der Waals surface area (Å²) in [6.07, 6.45) is 3.49. The van der Waals surface area contributed by atoms with Gasteiger partial charge in [-0.1, -0.05) is 17.7 Å². The van der Waals surface area contributed by atoms with E-state index < -0.39 is 0 Å². The van der Waals surface area contributed by atoms with Crippen LogP contribution in [-0.4, -0.2) is 64.0 Å². The summed E-state index contributed by atoms with van der Waals surface area (Å²) in [4.78, 5) is 4.95. The van der Waals surface area contributed by atoms with Crippen LogP contribution in [0.3, 0.4) is 0 Å². The molecule has 0 unspecified atom stereocenters. The zero-order valence-electron chi connectivity index (χ0n) is 16.5. The summed E-state index contributed by atoms with van der Waals surface area (Å²) >= 11 is 6.12. The molecule has 2 fully saturated rings. The van der Waals surface area contributed by atoms with E-state index in [0.29, 0.717) is 5.92 Å². The lowest BCUT2D eigenvalue weighted by Gasteiger charge is -2.36. The van der Waals surface area contributed by atoms with Crippen LogP contribution < -0.4 is 10.2 Å². The molecule has 8 heteroatoms. The van der Waals surface area contributed by atoms with Gasteiger partial charge in [0.15, 0.2) is 11.5 Å². The highest BCUT2D eigenvalue weighted by Crippen LogP contribution is 2.38. The van der Waals surface area contributed by atoms with E-state index in [2.05, 4.69) is 42.5 Å². The molecule has 7 nitrogen and oxygen atoms in total. The predicted octanol–water partition coefficient (Wildman–Crippen LogP) is 3.28. The van der Waals surface area contributed by atoms with Crippen molar-refractivity contribution in [1.29, 1.82) is 0 Å². The highest BCUT2D eigenvalue weighted by Gasteiger charge is 2.29. The molecule has 152 valence electrons. The Bertz CT molecular complexity index is 976. The first-order valence-corrected chi connectivity index (χ1v) is 10.8. The largest absolute Gasteiger partial charge is 0.369 e. The van der Waals surface area contributed by atoms with Crippen LogP contribution in [0.5, 0.6) is 0 Å². The SMILES string of the molecule is Clc1cccc(N2CCN(CCCNc3ccc4nnc(C5CC5)n4n3)CC2)c1. The van der Waals surface area contributed by atoms with Gasteiger partial charge in [0.25, 0.3) is 0 Å². The second-order valence-corrected chi connectivity index (χ2v) is 8.35. The Hall–Kier alpha value is -2.38. The molecule has 3 aromatic rings. The Kier molecular flexibility index (Phi) is 5.24. The van der Waals surface area contributed by atoms with Crippen molar-refractivity contribution in [3.63, 3.8) is 0 Å². The van der Waals surface area contributed by atoms with Crippen molar-refractivity contribution in [1.82, 2.24) is 24.7 Å². The molecule has 1 aromatic carbocycles. The number of halogens is 1. The van der Waals surface area contributed by atoms with E-state index >= 15 is 0 Å². The van der Waals surface area contributed by atoms with Crippen molar-refractivity contribution < 1.29 is 0 Å². The summed E-state index contributed by atoms with van der Waals surface area (Å²) in [6.45, 7) is 6.27. The number of hydrogen-bond donors (Lipinski definition) is 1. The van der Waals surface area contributed by atoms with E-state index in [4.69, 9.17) is 11.6 Å². The zero-order chi connectivity index (χ0) is 19.6.